The third kappa shape index (κ3) is 5.54. The standard InChI is InChI=1S/C18H18Cl2N2O4/c1-24-15-6-3-11(7-16(15)25-2)8-18(23)26-22-17(21)9-12-4-5-13(19)10-14(12)20/h3-7,10H,8-9H2,1-2H3,(H2,21,22). The van der Waals surface area contributed by atoms with Crippen LogP contribution in [0.3, 0.4) is 0 Å². The van der Waals surface area contributed by atoms with E-state index in [0.717, 1.165) is 5.56 Å². The molecule has 0 saturated carbocycles. The zero-order valence-electron chi connectivity index (χ0n) is 14.3. The van der Waals surface area contributed by atoms with E-state index < -0.39 is 5.97 Å². The fraction of sp³-hybridized carbons (Fsp3) is 0.222. The number of hydrogen-bond donors (Lipinski definition) is 1. The summed E-state index contributed by atoms with van der Waals surface area (Å²) in [6, 6.07) is 10.2. The topological polar surface area (TPSA) is 83.1 Å². The molecule has 2 rings (SSSR count). The fourth-order valence-corrected chi connectivity index (χ4v) is 2.67. The molecule has 2 aromatic rings. The maximum Gasteiger partial charge on any atom is 0.339 e. The summed E-state index contributed by atoms with van der Waals surface area (Å²) in [6.45, 7) is 0. The molecule has 2 N–H and O–H groups in total. The van der Waals surface area contributed by atoms with E-state index in [4.69, 9.17) is 43.2 Å². The third-order valence-corrected chi connectivity index (χ3v) is 4.03. The van der Waals surface area contributed by atoms with Crippen LogP contribution >= 0.6 is 23.2 Å². The molecule has 0 saturated heterocycles. The molecule has 0 aromatic heterocycles. The van der Waals surface area contributed by atoms with E-state index in [-0.39, 0.29) is 18.7 Å². The summed E-state index contributed by atoms with van der Waals surface area (Å²) in [5.74, 6) is 0.669. The van der Waals surface area contributed by atoms with E-state index >= 15 is 0 Å². The Labute approximate surface area is 161 Å². The van der Waals surface area contributed by atoms with Crippen molar-refractivity contribution in [2.45, 2.75) is 12.8 Å². The van der Waals surface area contributed by atoms with Crippen LogP contribution in [0.1, 0.15) is 11.1 Å². The molecule has 0 aliphatic rings. The van der Waals surface area contributed by atoms with Gasteiger partial charge in [0.2, 0.25) is 0 Å². The Morgan fingerprint density at radius 2 is 1.77 bits per heavy atom. The molecule has 0 fully saturated rings. The number of benzene rings is 2. The van der Waals surface area contributed by atoms with Gasteiger partial charge in [-0.2, -0.15) is 0 Å². The lowest BCUT2D eigenvalue weighted by atomic mass is 10.1. The average molecular weight is 397 g/mol. The van der Waals surface area contributed by atoms with Crippen molar-refractivity contribution >= 4 is 35.0 Å². The lowest BCUT2D eigenvalue weighted by Crippen LogP contribution is -2.17. The molecule has 0 unspecified atom stereocenters. The van der Waals surface area contributed by atoms with Crippen molar-refractivity contribution in [2.75, 3.05) is 14.2 Å². The Balaban J connectivity index is 1.95. The number of nitrogens with zero attached hydrogens (tertiary/aromatic N) is 1. The van der Waals surface area contributed by atoms with Crippen LogP contribution in [0.5, 0.6) is 11.5 Å². The van der Waals surface area contributed by atoms with Crippen LogP contribution in [0.4, 0.5) is 0 Å². The van der Waals surface area contributed by atoms with E-state index in [1.54, 1.807) is 36.4 Å². The third-order valence-electron chi connectivity index (χ3n) is 3.45. The Bertz CT molecular complexity index is 825. The molecule has 0 atom stereocenters. The van der Waals surface area contributed by atoms with Crippen molar-refractivity contribution in [3.8, 4) is 11.5 Å². The second-order valence-electron chi connectivity index (χ2n) is 5.32. The Morgan fingerprint density at radius 3 is 2.42 bits per heavy atom. The fourth-order valence-electron chi connectivity index (χ4n) is 2.19. The van der Waals surface area contributed by atoms with Gasteiger partial charge < -0.3 is 20.0 Å². The quantitative estimate of drug-likeness (QED) is 0.334. The predicted octanol–water partition coefficient (Wildman–Crippen LogP) is 3.61. The largest absolute Gasteiger partial charge is 0.493 e. The number of methoxy groups -OCH3 is 2. The molecule has 0 spiro atoms. The van der Waals surface area contributed by atoms with Gasteiger partial charge in [-0.05, 0) is 35.4 Å². The zero-order valence-corrected chi connectivity index (χ0v) is 15.8. The average Bonchev–Trinajstić information content (AvgIpc) is 2.62. The van der Waals surface area contributed by atoms with Crippen LogP contribution in [0.25, 0.3) is 0 Å². The summed E-state index contributed by atoms with van der Waals surface area (Å²) >= 11 is 11.9. The van der Waals surface area contributed by atoms with Gasteiger partial charge in [0.15, 0.2) is 11.5 Å². The van der Waals surface area contributed by atoms with Crippen molar-refractivity contribution in [3.63, 3.8) is 0 Å². The highest BCUT2D eigenvalue weighted by Crippen LogP contribution is 2.27. The molecule has 2 aromatic carbocycles. The summed E-state index contributed by atoms with van der Waals surface area (Å²) in [4.78, 5) is 16.8. The highest BCUT2D eigenvalue weighted by atomic mass is 35.5. The van der Waals surface area contributed by atoms with Crippen LogP contribution in [0.15, 0.2) is 41.6 Å². The number of carbonyl (C=O) groups excluding carboxylic acids is 1. The lowest BCUT2D eigenvalue weighted by molar-refractivity contribution is -0.142. The van der Waals surface area contributed by atoms with Gasteiger partial charge >= 0.3 is 5.97 Å². The molecule has 0 bridgehead atoms. The molecule has 138 valence electrons. The molecule has 0 aliphatic carbocycles. The number of amidine groups is 1. The van der Waals surface area contributed by atoms with Gasteiger partial charge in [0.05, 0.1) is 20.6 Å². The first kappa shape index (κ1) is 19.9. The molecule has 0 aliphatic heterocycles. The second-order valence-corrected chi connectivity index (χ2v) is 6.17. The minimum Gasteiger partial charge on any atom is -0.493 e. The summed E-state index contributed by atoms with van der Waals surface area (Å²) in [5, 5.41) is 4.64. The summed E-state index contributed by atoms with van der Waals surface area (Å²) < 4.78 is 10.3. The van der Waals surface area contributed by atoms with E-state index in [1.165, 1.54) is 14.2 Å². The molecule has 0 heterocycles. The number of nitrogens with two attached hydrogens (primary N) is 1. The van der Waals surface area contributed by atoms with Crippen LogP contribution in [0, 0.1) is 0 Å². The number of carbonyl (C=O) groups is 1. The van der Waals surface area contributed by atoms with Gasteiger partial charge in [0.1, 0.15) is 5.84 Å². The predicted molar refractivity (Wildman–Crippen MR) is 101 cm³/mol. The summed E-state index contributed by atoms with van der Waals surface area (Å²) in [5.41, 5.74) is 7.21. The molecule has 0 amide bonds. The first-order valence-electron chi connectivity index (χ1n) is 7.60. The van der Waals surface area contributed by atoms with Gasteiger partial charge in [-0.3, -0.25) is 0 Å². The van der Waals surface area contributed by atoms with E-state index in [9.17, 15) is 4.79 Å². The van der Waals surface area contributed by atoms with Crippen LogP contribution < -0.4 is 15.2 Å². The minimum absolute atomic E-state index is 0.0127. The van der Waals surface area contributed by atoms with Gasteiger partial charge in [0, 0.05) is 16.5 Å². The van der Waals surface area contributed by atoms with Crippen molar-refractivity contribution in [2.24, 2.45) is 10.9 Å². The van der Waals surface area contributed by atoms with Crippen LogP contribution in [-0.4, -0.2) is 26.0 Å². The second kappa shape index (κ2) is 9.31. The summed E-state index contributed by atoms with van der Waals surface area (Å²) in [7, 11) is 3.06. The van der Waals surface area contributed by atoms with Crippen molar-refractivity contribution in [1.82, 2.24) is 0 Å². The smallest absolute Gasteiger partial charge is 0.339 e. The first-order chi connectivity index (χ1) is 12.4. The van der Waals surface area contributed by atoms with Crippen LogP contribution in [-0.2, 0) is 22.5 Å². The van der Waals surface area contributed by atoms with Gasteiger partial charge in [-0.1, -0.05) is 40.5 Å². The first-order valence-corrected chi connectivity index (χ1v) is 8.35. The van der Waals surface area contributed by atoms with Gasteiger partial charge in [-0.15, -0.1) is 0 Å². The highest BCUT2D eigenvalue weighted by Gasteiger charge is 2.10. The Morgan fingerprint density at radius 1 is 1.04 bits per heavy atom. The number of halogens is 2. The van der Waals surface area contributed by atoms with Crippen molar-refractivity contribution in [3.05, 3.63) is 57.6 Å². The minimum atomic E-state index is -0.553. The molecule has 6 nitrogen and oxygen atoms in total. The van der Waals surface area contributed by atoms with E-state index in [0.29, 0.717) is 27.1 Å². The van der Waals surface area contributed by atoms with E-state index in [2.05, 4.69) is 5.16 Å². The molecule has 26 heavy (non-hydrogen) atoms. The molecular formula is C18H18Cl2N2O4. The molecule has 0 radical (unpaired) electrons. The van der Waals surface area contributed by atoms with Gasteiger partial charge in [0.25, 0.3) is 0 Å². The lowest BCUT2D eigenvalue weighted by Gasteiger charge is -2.09. The summed E-state index contributed by atoms with van der Waals surface area (Å²) in [6.07, 6.45) is 0.248. The zero-order chi connectivity index (χ0) is 19.1. The van der Waals surface area contributed by atoms with E-state index in [1.807, 2.05) is 0 Å². The SMILES string of the molecule is COc1ccc(CC(=O)O/N=C(\N)Cc2ccc(Cl)cc2Cl)cc1OC. The Kier molecular flexibility index (Phi) is 7.12. The molecule has 8 heteroatoms. The highest BCUT2D eigenvalue weighted by molar-refractivity contribution is 6.35. The van der Waals surface area contributed by atoms with Gasteiger partial charge in [-0.25, -0.2) is 4.79 Å². The Hall–Kier alpha value is -2.44. The molecular weight excluding hydrogens is 379 g/mol. The number of oxime groups is 1. The number of ether oxygens (including phenoxy) is 2. The van der Waals surface area contributed by atoms with Crippen molar-refractivity contribution in [1.29, 1.82) is 0 Å². The number of hydrogen-bond acceptors (Lipinski definition) is 5. The number of rotatable bonds is 7. The maximum atomic E-state index is 11.9. The monoisotopic (exact) mass is 396 g/mol. The van der Waals surface area contributed by atoms with Crippen LogP contribution in [0.2, 0.25) is 10.0 Å². The normalized spacial score (nSPS) is 11.2. The maximum absolute atomic E-state index is 11.9. The van der Waals surface area contributed by atoms with Crippen molar-refractivity contribution < 1.29 is 19.1 Å².